The summed E-state index contributed by atoms with van der Waals surface area (Å²) in [5, 5.41) is 3.17. The zero-order valence-corrected chi connectivity index (χ0v) is 13.4. The van der Waals surface area contributed by atoms with Crippen molar-refractivity contribution < 1.29 is 4.79 Å². The van der Waals surface area contributed by atoms with Crippen LogP contribution in [0.25, 0.3) is 0 Å². The zero-order valence-electron chi connectivity index (χ0n) is 13.4. The van der Waals surface area contributed by atoms with Gasteiger partial charge in [-0.15, -0.1) is 0 Å². The van der Waals surface area contributed by atoms with Crippen LogP contribution in [-0.2, 0) is 5.41 Å². The van der Waals surface area contributed by atoms with Gasteiger partial charge in [-0.1, -0.05) is 33.6 Å². The van der Waals surface area contributed by atoms with Crippen molar-refractivity contribution in [3.05, 3.63) is 23.4 Å². The zero-order chi connectivity index (χ0) is 15.7. The maximum atomic E-state index is 12.5. The highest BCUT2D eigenvalue weighted by molar-refractivity contribution is 5.95. The standard InChI is InChI=1S/C16H26N4O/c1-15(2,3)12-9-11(10-13(18-12)20-17)14(21)19-16(4)7-5-6-8-16/h9-10H,5-8,17H2,1-4H3,(H,18,20)(H,19,21). The van der Waals surface area contributed by atoms with E-state index >= 15 is 0 Å². The topological polar surface area (TPSA) is 80.0 Å². The van der Waals surface area contributed by atoms with Gasteiger partial charge in [0, 0.05) is 22.2 Å². The number of pyridine rings is 1. The smallest absolute Gasteiger partial charge is 0.251 e. The van der Waals surface area contributed by atoms with Crippen molar-refractivity contribution in [3.8, 4) is 0 Å². The number of hydrogen-bond acceptors (Lipinski definition) is 4. The lowest BCUT2D eigenvalue weighted by Gasteiger charge is -2.26. The Morgan fingerprint density at radius 3 is 2.43 bits per heavy atom. The van der Waals surface area contributed by atoms with E-state index in [0.29, 0.717) is 11.4 Å². The molecule has 1 aromatic rings. The van der Waals surface area contributed by atoms with E-state index in [1.165, 1.54) is 12.8 Å². The van der Waals surface area contributed by atoms with Gasteiger partial charge in [0.25, 0.3) is 5.91 Å². The first-order valence-corrected chi connectivity index (χ1v) is 7.55. The molecule has 1 saturated carbocycles. The lowest BCUT2D eigenvalue weighted by Crippen LogP contribution is -2.43. The predicted octanol–water partition coefficient (Wildman–Crippen LogP) is 2.73. The molecule has 0 atom stereocenters. The molecule has 2 rings (SSSR count). The van der Waals surface area contributed by atoms with Crippen LogP contribution in [0.4, 0.5) is 5.82 Å². The fourth-order valence-electron chi connectivity index (χ4n) is 2.75. The summed E-state index contributed by atoms with van der Waals surface area (Å²) in [6.45, 7) is 8.31. The fraction of sp³-hybridized carbons (Fsp3) is 0.625. The fourth-order valence-corrected chi connectivity index (χ4v) is 2.75. The number of nitrogens with two attached hydrogens (primary N) is 1. The van der Waals surface area contributed by atoms with Crippen LogP contribution in [0.5, 0.6) is 0 Å². The van der Waals surface area contributed by atoms with E-state index in [1.807, 2.05) is 6.07 Å². The van der Waals surface area contributed by atoms with Crippen molar-refractivity contribution in [3.63, 3.8) is 0 Å². The molecule has 116 valence electrons. The predicted molar refractivity (Wildman–Crippen MR) is 85.1 cm³/mol. The number of nitrogens with zero attached hydrogens (tertiary/aromatic N) is 1. The Bertz CT molecular complexity index is 528. The molecular formula is C16H26N4O. The number of nitrogens with one attached hydrogen (secondary N) is 2. The summed E-state index contributed by atoms with van der Waals surface area (Å²) in [6, 6.07) is 3.55. The third-order valence-electron chi connectivity index (χ3n) is 4.13. The van der Waals surface area contributed by atoms with Gasteiger partial charge in [0.05, 0.1) is 0 Å². The van der Waals surface area contributed by atoms with Crippen molar-refractivity contribution in [2.75, 3.05) is 5.43 Å². The number of hydrazine groups is 1. The maximum Gasteiger partial charge on any atom is 0.251 e. The van der Waals surface area contributed by atoms with Gasteiger partial charge in [-0.2, -0.15) is 0 Å². The third kappa shape index (κ3) is 3.73. The number of carbonyl (C=O) groups is 1. The molecule has 1 heterocycles. The van der Waals surface area contributed by atoms with Crippen LogP contribution in [-0.4, -0.2) is 16.4 Å². The SMILES string of the molecule is CC1(NC(=O)c2cc(NN)nc(C(C)(C)C)c2)CCCC1. The average molecular weight is 290 g/mol. The van der Waals surface area contributed by atoms with E-state index in [0.717, 1.165) is 18.5 Å². The molecule has 0 saturated heterocycles. The van der Waals surface area contributed by atoms with Gasteiger partial charge in [0.2, 0.25) is 0 Å². The van der Waals surface area contributed by atoms with E-state index in [9.17, 15) is 4.79 Å². The highest BCUT2D eigenvalue weighted by atomic mass is 16.1. The Balaban J connectivity index is 2.27. The molecule has 0 radical (unpaired) electrons. The molecular weight excluding hydrogens is 264 g/mol. The first kappa shape index (κ1) is 15.8. The van der Waals surface area contributed by atoms with E-state index < -0.39 is 0 Å². The van der Waals surface area contributed by atoms with Crippen LogP contribution in [0.15, 0.2) is 12.1 Å². The molecule has 1 amide bonds. The normalized spacial score (nSPS) is 17.6. The number of rotatable bonds is 3. The minimum absolute atomic E-state index is 0.0520. The lowest BCUT2D eigenvalue weighted by molar-refractivity contribution is 0.0908. The number of nitrogen functional groups attached to an aromatic ring is 1. The highest BCUT2D eigenvalue weighted by Gasteiger charge is 2.31. The Labute approximate surface area is 126 Å². The lowest BCUT2D eigenvalue weighted by atomic mass is 9.90. The number of aromatic nitrogens is 1. The van der Waals surface area contributed by atoms with Gasteiger partial charge in [-0.05, 0) is 31.9 Å². The second-order valence-corrected chi connectivity index (χ2v) is 7.24. The van der Waals surface area contributed by atoms with Gasteiger partial charge < -0.3 is 10.7 Å². The molecule has 0 aliphatic heterocycles. The van der Waals surface area contributed by atoms with E-state index in [1.54, 1.807) is 6.07 Å². The van der Waals surface area contributed by atoms with Crippen molar-refractivity contribution >= 4 is 11.7 Å². The summed E-state index contributed by atoms with van der Waals surface area (Å²) in [5.74, 6) is 5.94. The highest BCUT2D eigenvalue weighted by Crippen LogP contribution is 2.29. The van der Waals surface area contributed by atoms with Crippen molar-refractivity contribution in [2.45, 2.75) is 64.3 Å². The Kier molecular flexibility index (Phi) is 4.23. The average Bonchev–Trinajstić information content (AvgIpc) is 2.83. The van der Waals surface area contributed by atoms with Gasteiger partial charge in [0.1, 0.15) is 5.82 Å². The van der Waals surface area contributed by atoms with E-state index in [4.69, 9.17) is 5.84 Å². The van der Waals surface area contributed by atoms with Crippen molar-refractivity contribution in [2.24, 2.45) is 5.84 Å². The molecule has 5 heteroatoms. The van der Waals surface area contributed by atoms with Gasteiger partial charge in [-0.25, -0.2) is 10.8 Å². The second-order valence-electron chi connectivity index (χ2n) is 7.24. The van der Waals surface area contributed by atoms with Crippen LogP contribution in [0, 0.1) is 0 Å². The molecule has 1 aliphatic carbocycles. The first-order chi connectivity index (χ1) is 9.73. The van der Waals surface area contributed by atoms with Crippen LogP contribution < -0.4 is 16.6 Å². The largest absolute Gasteiger partial charge is 0.347 e. The maximum absolute atomic E-state index is 12.5. The third-order valence-corrected chi connectivity index (χ3v) is 4.13. The van der Waals surface area contributed by atoms with E-state index in [2.05, 4.69) is 43.4 Å². The monoisotopic (exact) mass is 290 g/mol. The minimum Gasteiger partial charge on any atom is -0.347 e. The summed E-state index contributed by atoms with van der Waals surface area (Å²) in [4.78, 5) is 17.0. The molecule has 0 spiro atoms. The van der Waals surface area contributed by atoms with Crippen molar-refractivity contribution in [1.29, 1.82) is 0 Å². The van der Waals surface area contributed by atoms with Crippen molar-refractivity contribution in [1.82, 2.24) is 10.3 Å². The molecule has 4 N–H and O–H groups in total. The van der Waals surface area contributed by atoms with Gasteiger partial charge in [0.15, 0.2) is 0 Å². The summed E-state index contributed by atoms with van der Waals surface area (Å²) in [6.07, 6.45) is 4.43. The Hall–Kier alpha value is -1.62. The molecule has 1 fully saturated rings. The summed E-state index contributed by atoms with van der Waals surface area (Å²) in [5.41, 5.74) is 3.78. The van der Waals surface area contributed by atoms with Crippen LogP contribution in [0.2, 0.25) is 0 Å². The molecule has 1 aliphatic rings. The molecule has 0 bridgehead atoms. The number of carbonyl (C=O) groups excluding carboxylic acids is 1. The molecule has 0 aromatic carbocycles. The van der Waals surface area contributed by atoms with Crippen LogP contribution >= 0.6 is 0 Å². The molecule has 1 aromatic heterocycles. The Morgan fingerprint density at radius 2 is 1.90 bits per heavy atom. The second kappa shape index (κ2) is 5.64. The molecule has 0 unspecified atom stereocenters. The van der Waals surface area contributed by atoms with Gasteiger partial charge in [-0.3, -0.25) is 4.79 Å². The number of anilines is 1. The summed E-state index contributed by atoms with van der Waals surface area (Å²) < 4.78 is 0. The van der Waals surface area contributed by atoms with Gasteiger partial charge >= 0.3 is 0 Å². The summed E-state index contributed by atoms with van der Waals surface area (Å²) >= 11 is 0. The minimum atomic E-state index is -0.140. The first-order valence-electron chi connectivity index (χ1n) is 7.55. The van der Waals surface area contributed by atoms with Crippen LogP contribution in [0.3, 0.4) is 0 Å². The summed E-state index contributed by atoms with van der Waals surface area (Å²) in [7, 11) is 0. The molecule has 5 nitrogen and oxygen atoms in total. The van der Waals surface area contributed by atoms with E-state index in [-0.39, 0.29) is 16.9 Å². The quantitative estimate of drug-likeness (QED) is 0.590. The number of hydrogen-bond donors (Lipinski definition) is 3. The number of amides is 1. The van der Waals surface area contributed by atoms with Crippen LogP contribution in [0.1, 0.15) is 69.4 Å². The Morgan fingerprint density at radius 1 is 1.29 bits per heavy atom. The molecule has 21 heavy (non-hydrogen) atoms.